The second kappa shape index (κ2) is 5.32. The number of aromatic amines is 1. The molecule has 1 unspecified atom stereocenters. The Labute approximate surface area is 137 Å². The lowest BCUT2D eigenvalue weighted by atomic mass is 9.96. The van der Waals surface area contributed by atoms with Crippen LogP contribution in [0.1, 0.15) is 30.1 Å². The van der Waals surface area contributed by atoms with Crippen LogP contribution in [0, 0.1) is 24.7 Å². The fraction of sp³-hybridized carbons (Fsp3) is 0.632. The van der Waals surface area contributed by atoms with Crippen molar-refractivity contribution in [2.75, 3.05) is 32.7 Å². The lowest BCUT2D eigenvalue weighted by molar-refractivity contribution is 0.195. The number of imidazole rings is 1. The molecule has 2 saturated heterocycles. The molecule has 0 radical (unpaired) electrons. The molecule has 3 fully saturated rings. The van der Waals surface area contributed by atoms with Gasteiger partial charge in [0.15, 0.2) is 0 Å². The molecule has 2 N–H and O–H groups in total. The van der Waals surface area contributed by atoms with Crippen molar-refractivity contribution in [3.05, 3.63) is 29.6 Å². The van der Waals surface area contributed by atoms with E-state index in [-0.39, 0.29) is 0 Å². The highest BCUT2D eigenvalue weighted by molar-refractivity contribution is 5.78. The minimum Gasteiger partial charge on any atom is -0.342 e. The van der Waals surface area contributed by atoms with Gasteiger partial charge in [0.25, 0.3) is 0 Å². The number of rotatable bonds is 3. The second-order valence-corrected chi connectivity index (χ2v) is 7.82. The van der Waals surface area contributed by atoms with E-state index in [0.717, 1.165) is 23.3 Å². The topological polar surface area (TPSA) is 44.0 Å². The molecule has 4 nitrogen and oxygen atoms in total. The minimum absolute atomic E-state index is 0.610. The van der Waals surface area contributed by atoms with Gasteiger partial charge in [-0.25, -0.2) is 4.98 Å². The molecule has 122 valence electrons. The molecule has 1 saturated carbocycles. The summed E-state index contributed by atoms with van der Waals surface area (Å²) in [6.45, 7) is 8.50. The fourth-order valence-electron chi connectivity index (χ4n) is 4.89. The number of hydrogen-bond acceptors (Lipinski definition) is 3. The third-order valence-electron chi connectivity index (χ3n) is 6.45. The fourth-order valence-corrected chi connectivity index (χ4v) is 4.89. The molecule has 3 atom stereocenters. The first kappa shape index (κ1) is 14.0. The van der Waals surface area contributed by atoms with Crippen molar-refractivity contribution in [1.29, 1.82) is 0 Å². The van der Waals surface area contributed by atoms with Crippen LogP contribution >= 0.6 is 0 Å². The van der Waals surface area contributed by atoms with E-state index in [2.05, 4.69) is 40.3 Å². The summed E-state index contributed by atoms with van der Waals surface area (Å²) >= 11 is 0. The van der Waals surface area contributed by atoms with Gasteiger partial charge in [0, 0.05) is 12.5 Å². The number of nitrogens with zero attached hydrogens (tertiary/aromatic N) is 2. The van der Waals surface area contributed by atoms with Gasteiger partial charge in [-0.2, -0.15) is 0 Å². The van der Waals surface area contributed by atoms with Crippen LogP contribution in [0.15, 0.2) is 18.2 Å². The zero-order valence-electron chi connectivity index (χ0n) is 13.9. The summed E-state index contributed by atoms with van der Waals surface area (Å²) in [7, 11) is 0. The molecular formula is C19H26N4. The van der Waals surface area contributed by atoms with Crippen molar-refractivity contribution >= 4 is 11.0 Å². The van der Waals surface area contributed by atoms with Crippen molar-refractivity contribution in [2.45, 2.75) is 25.7 Å². The molecule has 2 aromatic rings. The van der Waals surface area contributed by atoms with Crippen molar-refractivity contribution in [2.24, 2.45) is 17.8 Å². The molecule has 0 amide bonds. The van der Waals surface area contributed by atoms with Gasteiger partial charge in [0.2, 0.25) is 0 Å². The predicted octanol–water partition coefficient (Wildman–Crippen LogP) is 2.52. The molecule has 5 rings (SSSR count). The van der Waals surface area contributed by atoms with Gasteiger partial charge in [0.05, 0.1) is 11.0 Å². The monoisotopic (exact) mass is 310 g/mol. The smallest absolute Gasteiger partial charge is 0.110 e. The van der Waals surface area contributed by atoms with Gasteiger partial charge >= 0.3 is 0 Å². The quantitative estimate of drug-likeness (QED) is 0.915. The Hall–Kier alpha value is -1.39. The Bertz CT molecular complexity index is 703. The summed E-state index contributed by atoms with van der Waals surface area (Å²) in [5.74, 6) is 4.79. The Balaban J connectivity index is 1.23. The SMILES string of the molecule is Cc1cccc2[nH]c(C3CCN(CC4[C@H]5CNC[C@@H]45)CC3)nc12. The third-order valence-corrected chi connectivity index (χ3v) is 6.45. The number of piperidine rings is 2. The van der Waals surface area contributed by atoms with Crippen LogP contribution in [0.25, 0.3) is 11.0 Å². The summed E-state index contributed by atoms with van der Waals surface area (Å²) in [6, 6.07) is 6.41. The van der Waals surface area contributed by atoms with E-state index >= 15 is 0 Å². The number of aryl methyl sites for hydroxylation is 1. The number of hydrogen-bond donors (Lipinski definition) is 2. The van der Waals surface area contributed by atoms with Gasteiger partial charge in [-0.05, 0) is 75.3 Å². The first-order valence-electron chi connectivity index (χ1n) is 9.18. The normalized spacial score (nSPS) is 31.6. The molecule has 4 heteroatoms. The molecule has 1 aromatic heterocycles. The number of aromatic nitrogens is 2. The van der Waals surface area contributed by atoms with Gasteiger partial charge in [-0.1, -0.05) is 12.1 Å². The third kappa shape index (κ3) is 2.39. The lowest BCUT2D eigenvalue weighted by Gasteiger charge is -2.31. The maximum absolute atomic E-state index is 4.90. The maximum Gasteiger partial charge on any atom is 0.110 e. The summed E-state index contributed by atoms with van der Waals surface area (Å²) in [4.78, 5) is 11.2. The number of para-hydroxylation sites is 1. The Kier molecular flexibility index (Phi) is 3.24. The highest BCUT2D eigenvalue weighted by Gasteiger charge is 2.52. The molecule has 1 aliphatic carbocycles. The first-order chi connectivity index (χ1) is 11.3. The number of likely N-dealkylation sites (tertiary alicyclic amines) is 1. The van der Waals surface area contributed by atoms with Crippen LogP contribution < -0.4 is 5.32 Å². The number of fused-ring (bicyclic) bond motifs is 2. The number of H-pyrrole nitrogens is 1. The first-order valence-corrected chi connectivity index (χ1v) is 9.18. The molecule has 2 aliphatic heterocycles. The van der Waals surface area contributed by atoms with Crippen molar-refractivity contribution in [3.8, 4) is 0 Å². The zero-order valence-corrected chi connectivity index (χ0v) is 13.9. The molecule has 23 heavy (non-hydrogen) atoms. The lowest BCUT2D eigenvalue weighted by Crippen LogP contribution is -2.36. The van der Waals surface area contributed by atoms with Gasteiger partial charge in [-0.3, -0.25) is 0 Å². The largest absolute Gasteiger partial charge is 0.342 e. The molecule has 3 aliphatic rings. The number of nitrogens with one attached hydrogen (secondary N) is 2. The Morgan fingerprint density at radius 1 is 1.17 bits per heavy atom. The molecular weight excluding hydrogens is 284 g/mol. The summed E-state index contributed by atoms with van der Waals surface area (Å²) in [5, 5.41) is 3.50. The summed E-state index contributed by atoms with van der Waals surface area (Å²) in [5.41, 5.74) is 3.63. The van der Waals surface area contributed by atoms with Crippen LogP contribution in [0.5, 0.6) is 0 Å². The van der Waals surface area contributed by atoms with Gasteiger partial charge < -0.3 is 15.2 Å². The van der Waals surface area contributed by atoms with Crippen LogP contribution in [-0.4, -0.2) is 47.6 Å². The molecule has 0 bridgehead atoms. The predicted molar refractivity (Wildman–Crippen MR) is 92.6 cm³/mol. The van der Waals surface area contributed by atoms with E-state index in [0.29, 0.717) is 5.92 Å². The highest BCUT2D eigenvalue weighted by atomic mass is 15.1. The van der Waals surface area contributed by atoms with Crippen molar-refractivity contribution in [3.63, 3.8) is 0 Å². The average Bonchev–Trinajstić information content (AvgIpc) is 2.99. The number of benzene rings is 1. The molecule has 1 aromatic carbocycles. The van der Waals surface area contributed by atoms with E-state index in [1.54, 1.807) is 0 Å². The van der Waals surface area contributed by atoms with Crippen molar-refractivity contribution in [1.82, 2.24) is 20.2 Å². The average molecular weight is 310 g/mol. The van der Waals surface area contributed by atoms with E-state index in [1.165, 1.54) is 62.5 Å². The Morgan fingerprint density at radius 3 is 2.70 bits per heavy atom. The van der Waals surface area contributed by atoms with Crippen LogP contribution in [0.3, 0.4) is 0 Å². The zero-order chi connectivity index (χ0) is 15.4. The summed E-state index contributed by atoms with van der Waals surface area (Å²) in [6.07, 6.45) is 2.50. The molecule has 0 spiro atoms. The van der Waals surface area contributed by atoms with E-state index < -0.39 is 0 Å². The Morgan fingerprint density at radius 2 is 1.96 bits per heavy atom. The van der Waals surface area contributed by atoms with Crippen LogP contribution in [0.2, 0.25) is 0 Å². The van der Waals surface area contributed by atoms with Crippen LogP contribution in [-0.2, 0) is 0 Å². The maximum atomic E-state index is 4.90. The molecule has 3 heterocycles. The summed E-state index contributed by atoms with van der Waals surface area (Å²) < 4.78 is 0. The van der Waals surface area contributed by atoms with E-state index in [9.17, 15) is 0 Å². The highest BCUT2D eigenvalue weighted by Crippen LogP contribution is 2.49. The minimum atomic E-state index is 0.610. The standard InChI is InChI=1S/C19H26N4/c1-12-3-2-4-17-18(12)22-19(21-17)13-5-7-23(8-6-13)11-16-14-9-20-10-15(14)16/h2-4,13-16,20H,5-11H2,1H3,(H,21,22)/t14-,15+,16?. The van der Waals surface area contributed by atoms with Crippen LogP contribution in [0.4, 0.5) is 0 Å². The van der Waals surface area contributed by atoms with E-state index in [4.69, 9.17) is 4.98 Å². The van der Waals surface area contributed by atoms with Gasteiger partial charge in [-0.15, -0.1) is 0 Å². The van der Waals surface area contributed by atoms with Gasteiger partial charge in [0.1, 0.15) is 5.82 Å². The van der Waals surface area contributed by atoms with Crippen molar-refractivity contribution < 1.29 is 0 Å². The second-order valence-electron chi connectivity index (χ2n) is 7.82. The van der Waals surface area contributed by atoms with E-state index in [1.807, 2.05) is 0 Å².